The highest BCUT2D eigenvalue weighted by atomic mass is 16.5. The Labute approximate surface area is 445 Å². The van der Waals surface area contributed by atoms with Crippen LogP contribution in [0.15, 0.2) is 73.3 Å². The number of carboxylic acids is 1. The molecule has 23 nitrogen and oxygen atoms in total. The third kappa shape index (κ3) is 13.3. The molecule has 4 fully saturated rings. The summed E-state index contributed by atoms with van der Waals surface area (Å²) in [4.78, 5) is 84.4. The summed E-state index contributed by atoms with van der Waals surface area (Å²) >= 11 is 0. The summed E-state index contributed by atoms with van der Waals surface area (Å²) in [6.45, 7) is 10.3. The van der Waals surface area contributed by atoms with E-state index in [1.165, 1.54) is 69.3 Å². The highest BCUT2D eigenvalue weighted by Crippen LogP contribution is 2.36. The van der Waals surface area contributed by atoms with E-state index in [0.717, 1.165) is 79.5 Å². The van der Waals surface area contributed by atoms with Crippen molar-refractivity contribution in [1.29, 1.82) is 0 Å². The molecule has 6 aromatic rings. The molecule has 5 amide bonds. The molecule has 0 bridgehead atoms. The number of rotatable bonds is 10. The Balaban J connectivity index is 0.000000169. The number of nitrogens with one attached hydrogen (secondary N) is 3. The van der Waals surface area contributed by atoms with Gasteiger partial charge in [0.2, 0.25) is 11.8 Å². The first-order valence-electron chi connectivity index (χ1n) is 25.8. The highest BCUT2D eigenvalue weighted by molar-refractivity contribution is 6.39. The number of nitrogens with two attached hydrogens (primary N) is 2. The number of aliphatic carboxylic acids is 1. The molecule has 8 N–H and O–H groups in total. The number of pyridine rings is 2. The SMILES string of the molecule is COc1ncc(NC(=O)C(=O)N2C[C@@H](C)CC[C@@H]2c2ccc3nn([C@@H]4CCN(C)C4)cc3c2)cc1C(N)=O.COc1ncc(NC(=O)C(=O)O)cc1C(N)=O.C[C@H]1CC[C@H](c2ccc3nn([C@@H]4CCN(C)C4)cc3c2)NC1. The van der Waals surface area contributed by atoms with Crippen molar-refractivity contribution in [3.63, 3.8) is 0 Å². The van der Waals surface area contributed by atoms with Crippen LogP contribution in [-0.4, -0.2) is 152 Å². The molecule has 0 unspecified atom stereocenters. The molecule has 408 valence electrons. The molecule has 10 rings (SSSR count). The van der Waals surface area contributed by atoms with Gasteiger partial charge in [-0.15, -0.1) is 0 Å². The number of carbonyl (C=O) groups excluding carboxylic acids is 5. The van der Waals surface area contributed by atoms with Crippen molar-refractivity contribution >= 4 is 68.7 Å². The molecular weight excluding hydrogens is 989 g/mol. The molecule has 0 saturated carbocycles. The van der Waals surface area contributed by atoms with Gasteiger partial charge in [-0.3, -0.25) is 33.3 Å². The van der Waals surface area contributed by atoms with E-state index in [-0.39, 0.29) is 46.2 Å². The number of benzene rings is 2. The lowest BCUT2D eigenvalue weighted by atomic mass is 9.89. The number of methoxy groups -OCH3 is 2. The van der Waals surface area contributed by atoms with E-state index in [4.69, 9.17) is 36.2 Å². The predicted octanol–water partition coefficient (Wildman–Crippen LogP) is 4.54. The number of hydrogen-bond acceptors (Lipinski definition) is 15. The van der Waals surface area contributed by atoms with Gasteiger partial charge < -0.3 is 56.7 Å². The van der Waals surface area contributed by atoms with Gasteiger partial charge in [-0.05, 0) is 132 Å². The maximum Gasteiger partial charge on any atom is 0.394 e. The number of nitrogens with zero attached hydrogens (tertiary/aromatic N) is 9. The lowest BCUT2D eigenvalue weighted by Gasteiger charge is -2.38. The summed E-state index contributed by atoms with van der Waals surface area (Å²) in [5.41, 5.74) is 15.1. The summed E-state index contributed by atoms with van der Waals surface area (Å²) in [5.74, 6) is -4.78. The number of fused-ring (bicyclic) bond motifs is 2. The van der Waals surface area contributed by atoms with Crippen molar-refractivity contribution in [1.82, 2.24) is 49.5 Å². The van der Waals surface area contributed by atoms with E-state index in [1.807, 2.05) is 17.4 Å². The highest BCUT2D eigenvalue weighted by Gasteiger charge is 2.35. The minimum absolute atomic E-state index is 0.00850. The largest absolute Gasteiger partial charge is 0.480 e. The van der Waals surface area contributed by atoms with Crippen LogP contribution in [-0.2, 0) is 19.2 Å². The number of hydrogen-bond donors (Lipinski definition) is 6. The summed E-state index contributed by atoms with van der Waals surface area (Å²) in [7, 11) is 6.97. The van der Waals surface area contributed by atoms with Gasteiger partial charge in [-0.25, -0.2) is 14.8 Å². The third-order valence-electron chi connectivity index (χ3n) is 14.6. The fourth-order valence-corrected chi connectivity index (χ4v) is 10.4. The Morgan fingerprint density at radius 1 is 0.649 bits per heavy atom. The Bertz CT molecular complexity index is 3150. The number of amides is 5. The standard InChI is InChI=1S/C27H33N7O4.C18H26N4.C9H9N3O5/c1-16-4-7-23(17-5-6-22-18(10-17)14-34(31-22)20-8-9-32(2)15-20)33(13-16)27(37)25(36)30-19-11-21(24(28)35)26(38-3)29-12-19;1-13-3-5-17(19-10-13)14-4-6-18-15(9-14)11-22(20-18)16-7-8-21(2)12-16;1-17-8-5(6(10)13)2-4(3-11-8)12-7(14)9(15)16/h5-6,10-12,14,16,20,23H,4,7-9,13,15H2,1-3H3,(H2,28,35)(H,30,36);4,6,9,11,13,16-17,19H,3,5,7-8,10,12H2,1-2H3;2-3H,1H3,(H2,10,13)(H,12,14)(H,15,16)/t16-,20+,23+;13-,16+,17+;/m00./s1. The Morgan fingerprint density at radius 3 is 1.62 bits per heavy atom. The first-order chi connectivity index (χ1) is 36.9. The normalized spacial score (nSPS) is 21.6. The molecular formula is C54H68N14O9. The van der Waals surface area contributed by atoms with E-state index in [9.17, 15) is 28.8 Å². The molecule has 4 aliphatic rings. The lowest BCUT2D eigenvalue weighted by Crippen LogP contribution is -2.46. The maximum atomic E-state index is 13.4. The molecule has 2 aromatic carbocycles. The van der Waals surface area contributed by atoms with Crippen LogP contribution in [0.5, 0.6) is 11.8 Å². The minimum atomic E-state index is -1.65. The van der Waals surface area contributed by atoms with Gasteiger partial charge in [0.05, 0.1) is 67.1 Å². The molecule has 77 heavy (non-hydrogen) atoms. The number of ether oxygens (including phenoxy) is 2. The molecule has 0 aliphatic carbocycles. The monoisotopic (exact) mass is 1060 g/mol. The molecule has 0 radical (unpaired) electrons. The number of likely N-dealkylation sites (N-methyl/N-ethyl adjacent to an activating group) is 2. The van der Waals surface area contributed by atoms with Crippen LogP contribution in [0.3, 0.4) is 0 Å². The zero-order chi connectivity index (χ0) is 55.1. The van der Waals surface area contributed by atoms with E-state index in [0.29, 0.717) is 24.7 Å². The molecule has 4 aromatic heterocycles. The van der Waals surface area contributed by atoms with Gasteiger partial charge in [0.1, 0.15) is 11.1 Å². The Morgan fingerprint density at radius 2 is 1.16 bits per heavy atom. The molecule has 0 spiro atoms. The molecule has 4 saturated heterocycles. The molecule has 23 heteroatoms. The van der Waals surface area contributed by atoms with Crippen LogP contribution >= 0.6 is 0 Å². The van der Waals surface area contributed by atoms with Crippen molar-refractivity contribution in [3.05, 3.63) is 95.6 Å². The van der Waals surface area contributed by atoms with E-state index in [1.54, 1.807) is 4.90 Å². The smallest absolute Gasteiger partial charge is 0.394 e. The maximum absolute atomic E-state index is 13.4. The molecule has 4 aliphatic heterocycles. The van der Waals surface area contributed by atoms with Crippen molar-refractivity contribution in [2.75, 3.05) is 78.2 Å². The number of carboxylic acid groups (broad SMARTS) is 1. The van der Waals surface area contributed by atoms with Crippen LogP contribution in [0.1, 0.15) is 108 Å². The summed E-state index contributed by atoms with van der Waals surface area (Å²) in [6.07, 6.45) is 13.3. The van der Waals surface area contributed by atoms with E-state index in [2.05, 4.69) is 104 Å². The van der Waals surface area contributed by atoms with Crippen LogP contribution in [0.4, 0.5) is 11.4 Å². The van der Waals surface area contributed by atoms with Crippen molar-refractivity contribution in [2.45, 2.75) is 76.5 Å². The van der Waals surface area contributed by atoms with Crippen LogP contribution in [0.25, 0.3) is 21.8 Å². The van der Waals surface area contributed by atoms with Gasteiger partial charge in [0.25, 0.3) is 11.8 Å². The number of aromatic nitrogens is 6. The average molecular weight is 1060 g/mol. The first-order valence-corrected chi connectivity index (χ1v) is 25.8. The van der Waals surface area contributed by atoms with Crippen molar-refractivity contribution < 1.29 is 43.3 Å². The Kier molecular flexibility index (Phi) is 17.4. The van der Waals surface area contributed by atoms with Crippen LogP contribution < -0.4 is 36.9 Å². The quantitative estimate of drug-likeness (QED) is 0.103. The number of piperidine rings is 2. The van der Waals surface area contributed by atoms with Gasteiger partial charge in [0, 0.05) is 48.8 Å². The zero-order valence-electron chi connectivity index (χ0n) is 44.3. The van der Waals surface area contributed by atoms with E-state index < -0.39 is 35.5 Å². The second-order valence-electron chi connectivity index (χ2n) is 20.6. The fraction of sp³-hybridized carbons (Fsp3) is 0.444. The van der Waals surface area contributed by atoms with Crippen LogP contribution in [0, 0.1) is 11.8 Å². The van der Waals surface area contributed by atoms with E-state index >= 15 is 0 Å². The van der Waals surface area contributed by atoms with Gasteiger partial charge >= 0.3 is 23.7 Å². The second-order valence-corrected chi connectivity index (χ2v) is 20.6. The number of anilines is 2. The van der Waals surface area contributed by atoms with Gasteiger partial charge in [-0.2, -0.15) is 10.2 Å². The third-order valence-corrected chi connectivity index (χ3v) is 14.6. The number of primary amides is 2. The molecule has 6 atom stereocenters. The van der Waals surface area contributed by atoms with Crippen molar-refractivity contribution in [3.8, 4) is 11.8 Å². The predicted molar refractivity (Wildman–Crippen MR) is 287 cm³/mol. The topological polar surface area (TPSA) is 300 Å². The van der Waals surface area contributed by atoms with Gasteiger partial charge in [-0.1, -0.05) is 26.0 Å². The van der Waals surface area contributed by atoms with Crippen molar-refractivity contribution in [2.24, 2.45) is 23.3 Å². The number of likely N-dealkylation sites (tertiary alicyclic amines) is 3. The summed E-state index contributed by atoms with van der Waals surface area (Å²) < 4.78 is 14.1. The zero-order valence-corrected chi connectivity index (χ0v) is 44.3. The second kappa shape index (κ2) is 24.3. The summed E-state index contributed by atoms with van der Waals surface area (Å²) in [5, 5.41) is 28.5. The van der Waals surface area contributed by atoms with Crippen LogP contribution in [0.2, 0.25) is 0 Å². The lowest BCUT2D eigenvalue weighted by molar-refractivity contribution is -0.147. The molecule has 8 heterocycles. The van der Waals surface area contributed by atoms with Gasteiger partial charge in [0.15, 0.2) is 0 Å². The fourth-order valence-electron chi connectivity index (χ4n) is 10.4. The number of carbonyl (C=O) groups is 6. The average Bonchev–Trinajstić information content (AvgIpc) is 4.27. The summed E-state index contributed by atoms with van der Waals surface area (Å²) in [6, 6.07) is 16.6. The minimum Gasteiger partial charge on any atom is -0.480 e. The first kappa shape index (κ1) is 55.2. The Hall–Kier alpha value is -8.02.